The Kier molecular flexibility index (Phi) is 3.74. The van der Waals surface area contributed by atoms with Crippen LogP contribution in [0.4, 0.5) is 0 Å². The molecule has 1 atom stereocenters. The Morgan fingerprint density at radius 1 is 0.889 bits per heavy atom. The monoisotopic (exact) mass is 260 g/mol. The summed E-state index contributed by atoms with van der Waals surface area (Å²) in [5.74, 6) is 0. The Hall–Kier alpha value is -1.31. The van der Waals surface area contributed by atoms with Gasteiger partial charge >= 0.3 is 0 Å². The van der Waals surface area contributed by atoms with E-state index in [-0.39, 0.29) is 0 Å². The highest BCUT2D eigenvalue weighted by Gasteiger charge is 2.15. The Bertz CT molecular complexity index is 524. The van der Waals surface area contributed by atoms with E-state index in [1.165, 1.54) is 5.56 Å². The lowest BCUT2D eigenvalue weighted by Gasteiger charge is -2.17. The molecule has 2 aromatic rings. The predicted molar refractivity (Wildman–Crippen MR) is 76.2 cm³/mol. The maximum absolute atomic E-state index is 10.5. The molecule has 1 unspecified atom stereocenters. The van der Waals surface area contributed by atoms with Gasteiger partial charge in [0, 0.05) is 5.02 Å². The fourth-order valence-corrected chi connectivity index (χ4v) is 2.47. The van der Waals surface area contributed by atoms with Crippen LogP contribution in [-0.2, 0) is 0 Å². The summed E-state index contributed by atoms with van der Waals surface area (Å²) in [6.07, 6.45) is -0.595. The van der Waals surface area contributed by atoms with Crippen LogP contribution >= 0.6 is 11.6 Å². The highest BCUT2D eigenvalue weighted by molar-refractivity contribution is 6.30. The molecular formula is C16H17ClO. The van der Waals surface area contributed by atoms with Crippen molar-refractivity contribution < 1.29 is 5.11 Å². The van der Waals surface area contributed by atoms with Gasteiger partial charge in [0.15, 0.2) is 0 Å². The van der Waals surface area contributed by atoms with Gasteiger partial charge in [-0.1, -0.05) is 41.4 Å². The molecule has 2 aromatic carbocycles. The van der Waals surface area contributed by atoms with Crippen molar-refractivity contribution in [2.45, 2.75) is 26.9 Å². The van der Waals surface area contributed by atoms with Gasteiger partial charge in [-0.2, -0.15) is 0 Å². The number of aliphatic hydroxyl groups excluding tert-OH is 1. The lowest BCUT2D eigenvalue weighted by molar-refractivity contribution is 0.219. The molecule has 0 heterocycles. The molecule has 0 spiro atoms. The summed E-state index contributed by atoms with van der Waals surface area (Å²) < 4.78 is 0. The second-order valence-corrected chi connectivity index (χ2v) is 5.20. The minimum atomic E-state index is -0.595. The van der Waals surface area contributed by atoms with Gasteiger partial charge in [-0.25, -0.2) is 0 Å². The molecule has 2 heteroatoms. The second-order valence-electron chi connectivity index (χ2n) is 4.76. The summed E-state index contributed by atoms with van der Waals surface area (Å²) >= 11 is 5.94. The highest BCUT2D eigenvalue weighted by Crippen LogP contribution is 2.28. The van der Waals surface area contributed by atoms with E-state index in [4.69, 9.17) is 11.6 Å². The zero-order chi connectivity index (χ0) is 13.3. The van der Waals surface area contributed by atoms with Crippen molar-refractivity contribution in [3.8, 4) is 0 Å². The normalized spacial score (nSPS) is 12.5. The first-order chi connectivity index (χ1) is 8.49. The summed E-state index contributed by atoms with van der Waals surface area (Å²) in [5, 5.41) is 11.2. The Labute approximate surface area is 113 Å². The summed E-state index contributed by atoms with van der Waals surface area (Å²) in [4.78, 5) is 0. The molecule has 94 valence electrons. The summed E-state index contributed by atoms with van der Waals surface area (Å²) in [7, 11) is 0. The van der Waals surface area contributed by atoms with Crippen LogP contribution in [0.2, 0.25) is 5.02 Å². The van der Waals surface area contributed by atoms with E-state index in [0.29, 0.717) is 5.02 Å². The van der Waals surface area contributed by atoms with Gasteiger partial charge in [0.2, 0.25) is 0 Å². The van der Waals surface area contributed by atoms with Gasteiger partial charge in [-0.3, -0.25) is 0 Å². The van der Waals surface area contributed by atoms with Crippen molar-refractivity contribution in [1.29, 1.82) is 0 Å². The van der Waals surface area contributed by atoms with Crippen LogP contribution in [0.5, 0.6) is 0 Å². The fourth-order valence-electron chi connectivity index (χ4n) is 2.25. The molecule has 0 amide bonds. The summed E-state index contributed by atoms with van der Waals surface area (Å²) in [6.45, 7) is 6.04. The van der Waals surface area contributed by atoms with Crippen LogP contribution in [0.1, 0.15) is 33.9 Å². The van der Waals surface area contributed by atoms with Gasteiger partial charge < -0.3 is 5.11 Å². The number of hydrogen-bond acceptors (Lipinski definition) is 1. The van der Waals surface area contributed by atoms with Gasteiger partial charge in [0.1, 0.15) is 6.10 Å². The number of hydrogen-bond donors (Lipinski definition) is 1. The predicted octanol–water partition coefficient (Wildman–Crippen LogP) is 4.35. The smallest absolute Gasteiger partial charge is 0.105 e. The lowest BCUT2D eigenvalue weighted by atomic mass is 9.94. The molecular weight excluding hydrogens is 244 g/mol. The third-order valence-electron chi connectivity index (χ3n) is 3.25. The van der Waals surface area contributed by atoms with E-state index in [9.17, 15) is 5.11 Å². The number of aliphatic hydroxyl groups is 1. The van der Waals surface area contributed by atoms with Crippen LogP contribution in [0.25, 0.3) is 0 Å². The Balaban J connectivity index is 2.44. The molecule has 1 N–H and O–H groups in total. The molecule has 0 aromatic heterocycles. The Morgan fingerprint density at radius 3 is 2.00 bits per heavy atom. The van der Waals surface area contributed by atoms with Crippen molar-refractivity contribution >= 4 is 11.6 Å². The number of aryl methyl sites for hydroxylation is 3. The first-order valence-electron chi connectivity index (χ1n) is 6.00. The molecule has 0 radical (unpaired) electrons. The first-order valence-corrected chi connectivity index (χ1v) is 6.38. The van der Waals surface area contributed by atoms with Gasteiger partial charge in [-0.15, -0.1) is 0 Å². The minimum absolute atomic E-state index is 0.595. The largest absolute Gasteiger partial charge is 0.384 e. The van der Waals surface area contributed by atoms with E-state index in [0.717, 1.165) is 22.3 Å². The molecule has 0 bridgehead atoms. The van der Waals surface area contributed by atoms with E-state index in [1.807, 2.05) is 44.2 Å². The van der Waals surface area contributed by atoms with E-state index in [1.54, 1.807) is 0 Å². The molecule has 0 aliphatic carbocycles. The maximum atomic E-state index is 10.5. The Morgan fingerprint density at radius 2 is 1.44 bits per heavy atom. The van der Waals surface area contributed by atoms with Crippen molar-refractivity contribution in [1.82, 2.24) is 0 Å². The van der Waals surface area contributed by atoms with Crippen LogP contribution < -0.4 is 0 Å². The van der Waals surface area contributed by atoms with Crippen molar-refractivity contribution in [2.24, 2.45) is 0 Å². The number of halogens is 1. The average molecular weight is 261 g/mol. The zero-order valence-corrected chi connectivity index (χ0v) is 11.6. The molecule has 2 rings (SSSR count). The standard InChI is InChI=1S/C16H17ClO/c1-10-4-6-14(11(2)8-10)16(18)15-7-5-13(17)9-12(15)3/h4-9,16,18H,1-3H3. The SMILES string of the molecule is Cc1ccc(C(O)c2ccc(Cl)cc2C)c(C)c1. The lowest BCUT2D eigenvalue weighted by Crippen LogP contribution is -2.04. The highest BCUT2D eigenvalue weighted by atomic mass is 35.5. The molecule has 0 fully saturated rings. The first kappa shape index (κ1) is 13.1. The molecule has 18 heavy (non-hydrogen) atoms. The van der Waals surface area contributed by atoms with Gasteiger partial charge in [-0.05, 0) is 55.2 Å². The van der Waals surface area contributed by atoms with Crippen LogP contribution in [0, 0.1) is 20.8 Å². The van der Waals surface area contributed by atoms with Crippen LogP contribution in [0.3, 0.4) is 0 Å². The topological polar surface area (TPSA) is 20.2 Å². The van der Waals surface area contributed by atoms with Crippen LogP contribution in [-0.4, -0.2) is 5.11 Å². The van der Waals surface area contributed by atoms with Crippen molar-refractivity contribution in [2.75, 3.05) is 0 Å². The molecule has 0 aliphatic rings. The van der Waals surface area contributed by atoms with Gasteiger partial charge in [0.25, 0.3) is 0 Å². The number of benzene rings is 2. The summed E-state index contributed by atoms with van der Waals surface area (Å²) in [6, 6.07) is 11.7. The van der Waals surface area contributed by atoms with E-state index < -0.39 is 6.10 Å². The second kappa shape index (κ2) is 5.13. The van der Waals surface area contributed by atoms with Gasteiger partial charge in [0.05, 0.1) is 0 Å². The summed E-state index contributed by atoms with van der Waals surface area (Å²) in [5.41, 5.74) is 5.18. The molecule has 0 saturated heterocycles. The molecule has 0 aliphatic heterocycles. The van der Waals surface area contributed by atoms with Crippen molar-refractivity contribution in [3.63, 3.8) is 0 Å². The van der Waals surface area contributed by atoms with Crippen molar-refractivity contribution in [3.05, 3.63) is 69.2 Å². The fraction of sp³-hybridized carbons (Fsp3) is 0.250. The zero-order valence-electron chi connectivity index (χ0n) is 10.9. The molecule has 0 saturated carbocycles. The third kappa shape index (κ3) is 2.58. The van der Waals surface area contributed by atoms with E-state index >= 15 is 0 Å². The quantitative estimate of drug-likeness (QED) is 0.851. The molecule has 1 nitrogen and oxygen atoms in total. The maximum Gasteiger partial charge on any atom is 0.105 e. The number of rotatable bonds is 2. The minimum Gasteiger partial charge on any atom is -0.384 e. The van der Waals surface area contributed by atoms with Crippen LogP contribution in [0.15, 0.2) is 36.4 Å². The van der Waals surface area contributed by atoms with E-state index in [2.05, 4.69) is 13.0 Å². The third-order valence-corrected chi connectivity index (χ3v) is 3.48. The average Bonchev–Trinajstić information content (AvgIpc) is 2.28.